The molecule has 5 rings (SSSR count). The Labute approximate surface area is 227 Å². The zero-order chi connectivity index (χ0) is 29.1. The van der Waals surface area contributed by atoms with Gasteiger partial charge < -0.3 is 36.2 Å². The summed E-state index contributed by atoms with van der Waals surface area (Å²) in [4.78, 5) is 52.2. The molecule has 2 amide bonds. The number of fused-ring (bicyclic) bond motifs is 3. The van der Waals surface area contributed by atoms with Gasteiger partial charge in [-0.1, -0.05) is 42.5 Å². The van der Waals surface area contributed by atoms with Crippen molar-refractivity contribution in [2.45, 2.75) is 38.5 Å². The van der Waals surface area contributed by atoms with Gasteiger partial charge in [0.25, 0.3) is 5.91 Å². The van der Waals surface area contributed by atoms with E-state index in [0.29, 0.717) is 22.1 Å². The maximum atomic E-state index is 13.9. The number of benzene rings is 3. The summed E-state index contributed by atoms with van der Waals surface area (Å²) < 4.78 is 5.20. The Morgan fingerprint density at radius 1 is 1.05 bits per heavy atom. The van der Waals surface area contributed by atoms with Gasteiger partial charge in [-0.3, -0.25) is 14.4 Å². The van der Waals surface area contributed by atoms with Crippen molar-refractivity contribution in [3.8, 4) is 11.5 Å². The lowest BCUT2D eigenvalue weighted by molar-refractivity contribution is -0.128. The van der Waals surface area contributed by atoms with Crippen molar-refractivity contribution < 1.29 is 44.3 Å². The third-order valence-corrected chi connectivity index (χ3v) is 7.81. The number of primary amides is 1. The van der Waals surface area contributed by atoms with Crippen LogP contribution in [-0.4, -0.2) is 55.6 Å². The van der Waals surface area contributed by atoms with Crippen LogP contribution in [0.2, 0.25) is 0 Å². The Morgan fingerprint density at radius 2 is 1.73 bits per heavy atom. The third-order valence-electron chi connectivity index (χ3n) is 7.81. The fourth-order valence-electron chi connectivity index (χ4n) is 5.68. The van der Waals surface area contributed by atoms with Gasteiger partial charge >= 0.3 is 6.09 Å². The summed E-state index contributed by atoms with van der Waals surface area (Å²) in [6, 6.07) is 10.2. The van der Waals surface area contributed by atoms with Crippen LogP contribution in [0.3, 0.4) is 0 Å². The summed E-state index contributed by atoms with van der Waals surface area (Å²) in [5.41, 5.74) is 2.75. The number of rotatable bonds is 4. The lowest BCUT2D eigenvalue weighted by Gasteiger charge is -2.45. The molecule has 0 radical (unpaired) electrons. The van der Waals surface area contributed by atoms with E-state index in [-0.39, 0.29) is 35.3 Å². The van der Waals surface area contributed by atoms with Gasteiger partial charge in [0.1, 0.15) is 35.5 Å². The van der Waals surface area contributed by atoms with Gasteiger partial charge in [0.2, 0.25) is 5.78 Å². The minimum absolute atomic E-state index is 0.0312. The molecule has 2 aliphatic rings. The van der Waals surface area contributed by atoms with Crippen molar-refractivity contribution in [2.24, 2.45) is 11.7 Å². The summed E-state index contributed by atoms with van der Waals surface area (Å²) >= 11 is 0. The minimum Gasteiger partial charge on any atom is -0.508 e. The molecule has 11 heteroatoms. The molecule has 3 atom stereocenters. The highest BCUT2D eigenvalue weighted by Crippen LogP contribution is 2.50. The lowest BCUT2D eigenvalue weighted by atomic mass is 9.61. The number of amides is 2. The highest BCUT2D eigenvalue weighted by molar-refractivity contribution is 6.25. The number of hydrogen-bond donors (Lipinski definition) is 6. The van der Waals surface area contributed by atoms with E-state index < -0.39 is 58.2 Å². The average Bonchev–Trinajstić information content (AvgIpc) is 2.92. The molecule has 11 nitrogen and oxygen atoms in total. The number of phenolic OH excluding ortho intramolecular Hbond substituents is 2. The van der Waals surface area contributed by atoms with Crippen molar-refractivity contribution in [3.63, 3.8) is 0 Å². The molecule has 3 aromatic rings. The molecular formula is C29H26N2O9. The van der Waals surface area contributed by atoms with Crippen LogP contribution >= 0.6 is 0 Å². The Hall–Kier alpha value is -4.90. The Balaban J connectivity index is 1.64. The number of Topliss-reactive ketones (excluding diaryl/α,β-unsaturated/α-hetero) is 2. The van der Waals surface area contributed by atoms with Crippen LogP contribution in [-0.2, 0) is 27.4 Å². The monoisotopic (exact) mass is 546 g/mol. The van der Waals surface area contributed by atoms with Crippen LogP contribution in [0.5, 0.6) is 11.5 Å². The summed E-state index contributed by atoms with van der Waals surface area (Å²) in [6.07, 6.45) is -1.36. The van der Waals surface area contributed by atoms with Crippen LogP contribution in [0.25, 0.3) is 10.8 Å². The zero-order valence-corrected chi connectivity index (χ0v) is 21.5. The predicted molar refractivity (Wildman–Crippen MR) is 141 cm³/mol. The Morgan fingerprint density at radius 3 is 2.38 bits per heavy atom. The first-order chi connectivity index (χ1) is 18.9. The quantitative estimate of drug-likeness (QED) is 0.266. The number of phenols is 2. The van der Waals surface area contributed by atoms with Gasteiger partial charge in [0.05, 0.1) is 10.9 Å². The van der Waals surface area contributed by atoms with E-state index in [4.69, 9.17) is 10.5 Å². The van der Waals surface area contributed by atoms with Crippen LogP contribution in [0.4, 0.5) is 4.79 Å². The van der Waals surface area contributed by atoms with E-state index in [0.717, 1.165) is 0 Å². The standard InChI is InChI=1S/C29H26N2O9/c1-12-8-9-15-13(2)16-10-17-21(31-28(38)40-11-14-6-4-3-5-7-14)24(34)20(27(30)37)26(36)29(17,39)25(35)19(16)23(33)18(15)22(12)32/h3-9,17,21,32-33,36,39H,10-11H2,1-2H3,(H2,30,37)(H,31,38)/t17-,21+,29-/m0/s1. The van der Waals surface area contributed by atoms with E-state index in [1.165, 1.54) is 0 Å². The second-order valence-corrected chi connectivity index (χ2v) is 10.0. The number of aliphatic hydroxyl groups excluding tert-OH is 1. The van der Waals surface area contributed by atoms with E-state index >= 15 is 0 Å². The second-order valence-electron chi connectivity index (χ2n) is 10.0. The van der Waals surface area contributed by atoms with Crippen LogP contribution in [0, 0.1) is 19.8 Å². The van der Waals surface area contributed by atoms with E-state index in [9.17, 15) is 39.6 Å². The number of alkyl carbamates (subject to hydrolysis) is 1. The molecule has 206 valence electrons. The number of carbonyl (C=O) groups excluding carboxylic acids is 4. The number of nitrogens with one attached hydrogen (secondary N) is 1. The molecule has 40 heavy (non-hydrogen) atoms. The number of aromatic hydroxyl groups is 2. The number of ether oxygens (including phenoxy) is 1. The molecule has 7 N–H and O–H groups in total. The molecule has 0 bridgehead atoms. The summed E-state index contributed by atoms with van der Waals surface area (Å²) in [6.45, 7) is 3.08. The first-order valence-corrected chi connectivity index (χ1v) is 12.4. The largest absolute Gasteiger partial charge is 0.508 e. The lowest BCUT2D eigenvalue weighted by Crippen LogP contribution is -2.65. The molecule has 0 saturated heterocycles. The van der Waals surface area contributed by atoms with Crippen LogP contribution in [0.15, 0.2) is 53.8 Å². The Bertz CT molecular complexity index is 1660. The van der Waals surface area contributed by atoms with Crippen molar-refractivity contribution in [1.29, 1.82) is 0 Å². The van der Waals surface area contributed by atoms with Crippen molar-refractivity contribution in [1.82, 2.24) is 5.32 Å². The van der Waals surface area contributed by atoms with E-state index in [1.807, 2.05) is 0 Å². The first-order valence-electron chi connectivity index (χ1n) is 12.4. The molecule has 0 saturated carbocycles. The van der Waals surface area contributed by atoms with Gasteiger partial charge in [-0.15, -0.1) is 0 Å². The molecule has 0 fully saturated rings. The molecule has 3 aromatic carbocycles. The summed E-state index contributed by atoms with van der Waals surface area (Å²) in [5, 5.41) is 47.2. The van der Waals surface area contributed by atoms with Crippen molar-refractivity contribution in [2.75, 3.05) is 0 Å². The van der Waals surface area contributed by atoms with Gasteiger partial charge in [-0.05, 0) is 47.9 Å². The normalized spacial score (nSPS) is 22.1. The molecule has 0 aliphatic heterocycles. The zero-order valence-electron chi connectivity index (χ0n) is 21.5. The number of aliphatic hydroxyl groups is 2. The minimum atomic E-state index is -2.92. The number of carbonyl (C=O) groups is 4. The van der Waals surface area contributed by atoms with Crippen LogP contribution < -0.4 is 11.1 Å². The van der Waals surface area contributed by atoms with E-state index in [2.05, 4.69) is 5.32 Å². The molecule has 0 aromatic heterocycles. The molecule has 0 spiro atoms. The average molecular weight is 547 g/mol. The summed E-state index contributed by atoms with van der Waals surface area (Å²) in [5.74, 6) is -7.44. The SMILES string of the molecule is Cc1ccc2c(C)c3c(c(O)c2c1O)C(=O)[C@]1(O)C(O)=C(C(N)=O)C(=O)[C@H](NC(=O)OCc2ccccc2)[C@@H]1C3. The number of hydrogen-bond acceptors (Lipinski definition) is 9. The maximum Gasteiger partial charge on any atom is 0.408 e. The smallest absolute Gasteiger partial charge is 0.408 e. The molecule has 2 aliphatic carbocycles. The number of aryl methyl sites for hydroxylation is 2. The highest BCUT2D eigenvalue weighted by Gasteiger charge is 2.62. The fourth-order valence-corrected chi connectivity index (χ4v) is 5.68. The predicted octanol–water partition coefficient (Wildman–Crippen LogP) is 2.13. The molecular weight excluding hydrogens is 520 g/mol. The fraction of sp³-hybridized carbons (Fsp3) is 0.241. The van der Waals surface area contributed by atoms with Gasteiger partial charge in [-0.25, -0.2) is 4.79 Å². The number of ketones is 2. The topological polar surface area (TPSA) is 196 Å². The summed E-state index contributed by atoms with van der Waals surface area (Å²) in [7, 11) is 0. The van der Waals surface area contributed by atoms with Gasteiger partial charge in [0, 0.05) is 5.92 Å². The van der Waals surface area contributed by atoms with Gasteiger partial charge in [0.15, 0.2) is 11.4 Å². The third kappa shape index (κ3) is 3.77. The number of nitrogens with two attached hydrogens (primary N) is 1. The molecule has 0 unspecified atom stereocenters. The maximum absolute atomic E-state index is 13.9. The van der Waals surface area contributed by atoms with Crippen molar-refractivity contribution >= 4 is 34.3 Å². The van der Waals surface area contributed by atoms with E-state index in [1.54, 1.807) is 56.3 Å². The first kappa shape index (κ1) is 26.7. The Kier molecular flexibility index (Phi) is 6.26. The molecule has 0 heterocycles. The van der Waals surface area contributed by atoms with Gasteiger partial charge in [-0.2, -0.15) is 0 Å². The second kappa shape index (κ2) is 9.38. The highest BCUT2D eigenvalue weighted by atomic mass is 16.5. The van der Waals surface area contributed by atoms with Crippen LogP contribution in [0.1, 0.15) is 32.6 Å². The van der Waals surface area contributed by atoms with Crippen molar-refractivity contribution in [3.05, 3.63) is 81.6 Å².